The van der Waals surface area contributed by atoms with Crippen molar-refractivity contribution in [3.05, 3.63) is 24.3 Å². The number of sulfonamides is 1. The molecule has 20 heavy (non-hydrogen) atoms. The van der Waals surface area contributed by atoms with Crippen molar-refractivity contribution in [3.63, 3.8) is 0 Å². The van der Waals surface area contributed by atoms with Gasteiger partial charge in [-0.2, -0.15) is 0 Å². The number of nitrogens with one attached hydrogen (secondary N) is 2. The summed E-state index contributed by atoms with van der Waals surface area (Å²) in [5.41, 5.74) is 0.634. The van der Waals surface area contributed by atoms with Gasteiger partial charge >= 0.3 is 0 Å². The van der Waals surface area contributed by atoms with Gasteiger partial charge in [0.1, 0.15) is 4.90 Å². The topological polar surface area (TPSA) is 70.7 Å². The minimum Gasteiger partial charge on any atom is -0.384 e. The van der Waals surface area contributed by atoms with Crippen LogP contribution >= 0.6 is 0 Å². The molecule has 1 saturated heterocycles. The molecule has 0 aromatic heterocycles. The van der Waals surface area contributed by atoms with Gasteiger partial charge in [0.15, 0.2) is 0 Å². The molecular weight excluding hydrogens is 278 g/mol. The largest absolute Gasteiger partial charge is 0.384 e. The Morgan fingerprint density at radius 3 is 2.65 bits per heavy atom. The van der Waals surface area contributed by atoms with Crippen LogP contribution < -0.4 is 10.1 Å². The van der Waals surface area contributed by atoms with Gasteiger partial charge in [-0.3, -0.25) is 0 Å². The molecule has 0 spiro atoms. The monoisotopic (exact) mass is 299 g/mol. The molecule has 1 aliphatic rings. The molecule has 0 aliphatic carbocycles. The molecule has 1 aromatic carbocycles. The number of morpholine rings is 1. The second-order valence-corrected chi connectivity index (χ2v) is 6.25. The normalized spacial score (nSPS) is 17.1. The molecule has 0 atom stereocenters. The number of benzene rings is 1. The number of hydrazine groups is 1. The third kappa shape index (κ3) is 3.92. The Hall–Kier alpha value is -1.15. The first kappa shape index (κ1) is 15.2. The predicted molar refractivity (Wildman–Crippen MR) is 77.9 cm³/mol. The van der Waals surface area contributed by atoms with Crippen molar-refractivity contribution in [3.8, 4) is 0 Å². The SMILES string of the molecule is CCCNc1ccccc1S(=O)(=O)NN1CCOCC1. The number of hydrogen-bond acceptors (Lipinski definition) is 5. The van der Waals surface area contributed by atoms with Gasteiger partial charge in [0.25, 0.3) is 10.0 Å². The van der Waals surface area contributed by atoms with Crippen LogP contribution in [0.3, 0.4) is 0 Å². The lowest BCUT2D eigenvalue weighted by Gasteiger charge is -2.27. The molecular formula is C13H21N3O3S. The zero-order chi connectivity index (χ0) is 14.4. The standard InChI is InChI=1S/C13H21N3O3S/c1-2-7-14-12-5-3-4-6-13(12)20(17,18)15-16-8-10-19-11-9-16/h3-6,14-15H,2,7-11H2,1H3. The summed E-state index contributed by atoms with van der Waals surface area (Å²) in [6, 6.07) is 6.95. The van der Waals surface area contributed by atoms with Gasteiger partial charge in [0.2, 0.25) is 0 Å². The van der Waals surface area contributed by atoms with Crippen molar-refractivity contribution in [2.75, 3.05) is 38.2 Å². The fraction of sp³-hybridized carbons (Fsp3) is 0.538. The lowest BCUT2D eigenvalue weighted by molar-refractivity contribution is 0.0272. The van der Waals surface area contributed by atoms with Crippen LogP contribution in [0.15, 0.2) is 29.2 Å². The minimum absolute atomic E-state index is 0.278. The summed E-state index contributed by atoms with van der Waals surface area (Å²) in [7, 11) is -3.56. The number of hydrogen-bond donors (Lipinski definition) is 2. The molecule has 0 unspecified atom stereocenters. The highest BCUT2D eigenvalue weighted by Crippen LogP contribution is 2.20. The molecule has 0 radical (unpaired) electrons. The van der Waals surface area contributed by atoms with Crippen LogP contribution in [0, 0.1) is 0 Å². The maximum Gasteiger partial charge on any atom is 0.255 e. The van der Waals surface area contributed by atoms with E-state index in [0.29, 0.717) is 32.0 Å². The maximum absolute atomic E-state index is 12.5. The van der Waals surface area contributed by atoms with Crippen LogP contribution in [0.5, 0.6) is 0 Å². The lowest BCUT2D eigenvalue weighted by Crippen LogP contribution is -2.48. The van der Waals surface area contributed by atoms with E-state index in [-0.39, 0.29) is 4.90 Å². The van der Waals surface area contributed by atoms with Crippen molar-refractivity contribution in [1.82, 2.24) is 9.84 Å². The third-order valence-electron chi connectivity index (χ3n) is 3.00. The van der Waals surface area contributed by atoms with E-state index in [9.17, 15) is 8.42 Å². The molecule has 1 aromatic rings. The van der Waals surface area contributed by atoms with Gasteiger partial charge in [-0.25, -0.2) is 13.4 Å². The summed E-state index contributed by atoms with van der Waals surface area (Å²) in [6.07, 6.45) is 0.936. The van der Waals surface area contributed by atoms with Crippen molar-refractivity contribution >= 4 is 15.7 Å². The average Bonchev–Trinajstić information content (AvgIpc) is 2.46. The summed E-state index contributed by atoms with van der Waals surface area (Å²) in [6.45, 7) is 4.98. The van der Waals surface area contributed by atoms with Gasteiger partial charge in [-0.05, 0) is 18.6 Å². The third-order valence-corrected chi connectivity index (χ3v) is 4.44. The van der Waals surface area contributed by atoms with Crippen molar-refractivity contribution < 1.29 is 13.2 Å². The summed E-state index contributed by atoms with van der Waals surface area (Å²) >= 11 is 0. The quantitative estimate of drug-likeness (QED) is 0.821. The number of para-hydroxylation sites is 1. The predicted octanol–water partition coefficient (Wildman–Crippen LogP) is 1.03. The smallest absolute Gasteiger partial charge is 0.255 e. The van der Waals surface area contributed by atoms with E-state index in [2.05, 4.69) is 10.1 Å². The molecule has 0 bridgehead atoms. The van der Waals surface area contributed by atoms with Gasteiger partial charge < -0.3 is 10.1 Å². The van der Waals surface area contributed by atoms with E-state index >= 15 is 0 Å². The summed E-state index contributed by atoms with van der Waals surface area (Å²) in [5.74, 6) is 0. The molecule has 0 saturated carbocycles. The van der Waals surface area contributed by atoms with Crippen LogP contribution in [0.2, 0.25) is 0 Å². The maximum atomic E-state index is 12.5. The van der Waals surface area contributed by atoms with Gasteiger partial charge in [0, 0.05) is 19.6 Å². The first-order valence-electron chi connectivity index (χ1n) is 6.81. The summed E-state index contributed by atoms with van der Waals surface area (Å²) in [4.78, 5) is 2.89. The Morgan fingerprint density at radius 2 is 1.95 bits per heavy atom. The van der Waals surface area contributed by atoms with Crippen LogP contribution in [-0.4, -0.2) is 46.3 Å². The lowest BCUT2D eigenvalue weighted by atomic mass is 10.3. The molecule has 2 rings (SSSR count). The van der Waals surface area contributed by atoms with E-state index in [1.54, 1.807) is 23.2 Å². The summed E-state index contributed by atoms with van der Waals surface area (Å²) < 4.78 is 30.1. The first-order valence-corrected chi connectivity index (χ1v) is 8.30. The molecule has 1 aliphatic heterocycles. The fourth-order valence-electron chi connectivity index (χ4n) is 1.98. The first-order chi connectivity index (χ1) is 9.63. The van der Waals surface area contributed by atoms with Crippen LogP contribution in [0.4, 0.5) is 5.69 Å². The Kier molecular flexibility index (Phi) is 5.36. The molecule has 2 N–H and O–H groups in total. The number of rotatable bonds is 6. The minimum atomic E-state index is -3.56. The molecule has 1 heterocycles. The highest BCUT2D eigenvalue weighted by molar-refractivity contribution is 7.89. The number of nitrogens with zero attached hydrogens (tertiary/aromatic N) is 1. The fourth-order valence-corrected chi connectivity index (χ4v) is 3.29. The highest BCUT2D eigenvalue weighted by atomic mass is 32.2. The molecule has 0 amide bonds. The van der Waals surface area contributed by atoms with E-state index in [1.807, 2.05) is 13.0 Å². The number of ether oxygens (including phenoxy) is 1. The Balaban J connectivity index is 2.15. The van der Waals surface area contributed by atoms with Crippen LogP contribution in [0.1, 0.15) is 13.3 Å². The van der Waals surface area contributed by atoms with Gasteiger partial charge in [0.05, 0.1) is 18.9 Å². The van der Waals surface area contributed by atoms with E-state index in [0.717, 1.165) is 13.0 Å². The zero-order valence-electron chi connectivity index (χ0n) is 11.6. The van der Waals surface area contributed by atoms with E-state index in [1.165, 1.54) is 0 Å². The van der Waals surface area contributed by atoms with Crippen LogP contribution in [-0.2, 0) is 14.8 Å². The highest BCUT2D eigenvalue weighted by Gasteiger charge is 2.22. The Bertz CT molecular complexity index is 527. The Morgan fingerprint density at radius 1 is 1.25 bits per heavy atom. The van der Waals surface area contributed by atoms with Crippen LogP contribution in [0.25, 0.3) is 0 Å². The van der Waals surface area contributed by atoms with Gasteiger partial charge in [-0.15, -0.1) is 4.83 Å². The molecule has 6 nitrogen and oxygen atoms in total. The van der Waals surface area contributed by atoms with E-state index in [4.69, 9.17) is 4.74 Å². The van der Waals surface area contributed by atoms with Crippen molar-refractivity contribution in [1.29, 1.82) is 0 Å². The molecule has 1 fully saturated rings. The summed E-state index contributed by atoms with van der Waals surface area (Å²) in [5, 5.41) is 4.82. The molecule has 7 heteroatoms. The Labute approximate surface area is 120 Å². The van der Waals surface area contributed by atoms with Crippen molar-refractivity contribution in [2.24, 2.45) is 0 Å². The number of anilines is 1. The van der Waals surface area contributed by atoms with Crippen molar-refractivity contribution in [2.45, 2.75) is 18.2 Å². The second-order valence-electron chi connectivity index (χ2n) is 4.62. The average molecular weight is 299 g/mol. The zero-order valence-corrected chi connectivity index (χ0v) is 12.4. The van der Waals surface area contributed by atoms with Gasteiger partial charge in [-0.1, -0.05) is 19.1 Å². The second kappa shape index (κ2) is 7.03. The van der Waals surface area contributed by atoms with E-state index < -0.39 is 10.0 Å². The molecule has 112 valence electrons.